The van der Waals surface area contributed by atoms with Crippen molar-refractivity contribution in [3.63, 3.8) is 0 Å². The molecule has 0 aliphatic carbocycles. The zero-order valence-corrected chi connectivity index (χ0v) is 9.70. The molecule has 5 heteroatoms. The van der Waals surface area contributed by atoms with Crippen LogP contribution < -0.4 is 10.6 Å². The lowest BCUT2D eigenvalue weighted by Gasteiger charge is -2.26. The number of hydrogen-bond donors (Lipinski definition) is 3. The molecule has 90 valence electrons. The Kier molecular flexibility index (Phi) is 4.33. The highest BCUT2D eigenvalue weighted by Crippen LogP contribution is 2.03. The highest BCUT2D eigenvalue weighted by Gasteiger charge is 2.15. The van der Waals surface area contributed by atoms with Gasteiger partial charge in [0, 0.05) is 37.1 Å². The molecule has 0 aromatic carbocycles. The monoisotopic (exact) mass is 224 g/mol. The molecule has 1 saturated heterocycles. The number of nitrogens with one attached hydrogen (secondary N) is 3. The molecular formula is C11H20N4O. The zero-order valence-electron chi connectivity index (χ0n) is 9.70. The van der Waals surface area contributed by atoms with Crippen molar-refractivity contribution < 1.29 is 4.74 Å². The summed E-state index contributed by atoms with van der Waals surface area (Å²) in [6.45, 7) is 5.68. The van der Waals surface area contributed by atoms with Crippen LogP contribution in [0.25, 0.3) is 0 Å². The minimum Gasteiger partial charge on any atom is -0.379 e. The maximum atomic E-state index is 5.43. The summed E-state index contributed by atoms with van der Waals surface area (Å²) >= 11 is 0. The van der Waals surface area contributed by atoms with Crippen molar-refractivity contribution in [1.82, 2.24) is 20.6 Å². The summed E-state index contributed by atoms with van der Waals surface area (Å²) in [5.41, 5.74) is 1.12. The van der Waals surface area contributed by atoms with Gasteiger partial charge in [0.1, 0.15) is 0 Å². The largest absolute Gasteiger partial charge is 0.379 e. The lowest BCUT2D eigenvalue weighted by Crippen LogP contribution is -2.44. The average molecular weight is 224 g/mol. The Morgan fingerprint density at radius 3 is 3.31 bits per heavy atom. The van der Waals surface area contributed by atoms with Crippen molar-refractivity contribution in [3.05, 3.63) is 18.2 Å². The van der Waals surface area contributed by atoms with Gasteiger partial charge in [0.05, 0.1) is 19.5 Å². The number of H-pyrrole nitrogens is 1. The number of imidazole rings is 1. The van der Waals surface area contributed by atoms with Gasteiger partial charge in [0.15, 0.2) is 0 Å². The Labute approximate surface area is 96.0 Å². The molecule has 2 rings (SSSR count). The van der Waals surface area contributed by atoms with Gasteiger partial charge >= 0.3 is 0 Å². The number of aromatic amines is 1. The smallest absolute Gasteiger partial charge is 0.0922 e. The molecule has 3 N–H and O–H groups in total. The van der Waals surface area contributed by atoms with Gasteiger partial charge in [-0.25, -0.2) is 4.98 Å². The summed E-state index contributed by atoms with van der Waals surface area (Å²) in [4.78, 5) is 7.07. The van der Waals surface area contributed by atoms with Gasteiger partial charge < -0.3 is 20.4 Å². The van der Waals surface area contributed by atoms with Crippen molar-refractivity contribution in [2.75, 3.05) is 19.8 Å². The Morgan fingerprint density at radius 1 is 1.69 bits per heavy atom. The van der Waals surface area contributed by atoms with Crippen molar-refractivity contribution >= 4 is 0 Å². The molecule has 1 aliphatic rings. The van der Waals surface area contributed by atoms with E-state index in [9.17, 15) is 0 Å². The molecule has 2 heterocycles. The normalized spacial score (nSPS) is 23.2. The highest BCUT2D eigenvalue weighted by atomic mass is 16.5. The molecule has 1 aromatic rings. The van der Waals surface area contributed by atoms with E-state index in [4.69, 9.17) is 4.74 Å². The summed E-state index contributed by atoms with van der Waals surface area (Å²) in [5.74, 6) is 0. The van der Waals surface area contributed by atoms with Gasteiger partial charge in [-0.3, -0.25) is 0 Å². The van der Waals surface area contributed by atoms with Crippen LogP contribution >= 0.6 is 0 Å². The van der Waals surface area contributed by atoms with Crippen LogP contribution in [-0.2, 0) is 11.3 Å². The number of rotatable bonds is 5. The molecule has 1 fully saturated rings. The topological polar surface area (TPSA) is 62.0 Å². The second-order valence-corrected chi connectivity index (χ2v) is 4.32. The van der Waals surface area contributed by atoms with E-state index in [1.807, 2.05) is 6.20 Å². The quantitative estimate of drug-likeness (QED) is 0.671. The Bertz CT molecular complexity index is 282. The third-order valence-electron chi connectivity index (χ3n) is 2.83. The Morgan fingerprint density at radius 2 is 2.62 bits per heavy atom. The molecule has 1 aromatic heterocycles. The highest BCUT2D eigenvalue weighted by molar-refractivity contribution is 4.93. The van der Waals surface area contributed by atoms with Crippen molar-refractivity contribution in [2.24, 2.45) is 0 Å². The van der Waals surface area contributed by atoms with E-state index in [0.717, 1.165) is 38.4 Å². The van der Waals surface area contributed by atoms with Crippen LogP contribution in [0.1, 0.15) is 19.0 Å². The van der Waals surface area contributed by atoms with E-state index in [-0.39, 0.29) is 0 Å². The van der Waals surface area contributed by atoms with E-state index in [0.29, 0.717) is 12.1 Å². The van der Waals surface area contributed by atoms with Gasteiger partial charge in [-0.1, -0.05) is 0 Å². The molecule has 0 radical (unpaired) electrons. The van der Waals surface area contributed by atoms with Gasteiger partial charge in [0.25, 0.3) is 0 Å². The summed E-state index contributed by atoms with van der Waals surface area (Å²) in [5, 5.41) is 6.92. The Hall–Kier alpha value is -0.910. The fourth-order valence-corrected chi connectivity index (χ4v) is 1.95. The van der Waals surface area contributed by atoms with Gasteiger partial charge in [-0.15, -0.1) is 0 Å². The SMILES string of the molecule is CC(CC1COCCN1)NCc1cnc[nH]1. The van der Waals surface area contributed by atoms with E-state index in [1.54, 1.807) is 6.33 Å². The molecular weight excluding hydrogens is 204 g/mol. The third kappa shape index (κ3) is 3.59. The average Bonchev–Trinajstić information content (AvgIpc) is 2.81. The third-order valence-corrected chi connectivity index (χ3v) is 2.83. The molecule has 0 saturated carbocycles. The van der Waals surface area contributed by atoms with Crippen LogP contribution in [0.15, 0.2) is 12.5 Å². The first-order chi connectivity index (χ1) is 7.84. The standard InChI is InChI=1S/C11H20N4O/c1-9(4-10-7-16-3-2-13-10)14-6-11-5-12-8-15-11/h5,8-10,13-14H,2-4,6-7H2,1H3,(H,12,15). The number of morpholine rings is 1. The molecule has 0 spiro atoms. The van der Waals surface area contributed by atoms with E-state index in [1.165, 1.54) is 0 Å². The number of aromatic nitrogens is 2. The molecule has 5 nitrogen and oxygen atoms in total. The van der Waals surface area contributed by atoms with E-state index in [2.05, 4.69) is 27.5 Å². The van der Waals surface area contributed by atoms with Gasteiger partial charge in [-0.05, 0) is 13.3 Å². The van der Waals surface area contributed by atoms with Crippen LogP contribution in [0.2, 0.25) is 0 Å². The Balaban J connectivity index is 1.65. The fourth-order valence-electron chi connectivity index (χ4n) is 1.95. The summed E-state index contributed by atoms with van der Waals surface area (Å²) in [6.07, 6.45) is 4.65. The molecule has 0 amide bonds. The van der Waals surface area contributed by atoms with Gasteiger partial charge in [0.2, 0.25) is 0 Å². The second-order valence-electron chi connectivity index (χ2n) is 4.32. The minimum absolute atomic E-state index is 0.475. The van der Waals surface area contributed by atoms with Crippen LogP contribution in [0.3, 0.4) is 0 Å². The maximum absolute atomic E-state index is 5.43. The molecule has 16 heavy (non-hydrogen) atoms. The fraction of sp³-hybridized carbons (Fsp3) is 0.727. The first-order valence-electron chi connectivity index (χ1n) is 5.86. The summed E-state index contributed by atoms with van der Waals surface area (Å²) < 4.78 is 5.43. The number of ether oxygens (including phenoxy) is 1. The second kappa shape index (κ2) is 5.98. The minimum atomic E-state index is 0.475. The lowest BCUT2D eigenvalue weighted by atomic mass is 10.1. The zero-order chi connectivity index (χ0) is 11.2. The van der Waals surface area contributed by atoms with E-state index < -0.39 is 0 Å². The van der Waals surface area contributed by atoms with Crippen molar-refractivity contribution in [2.45, 2.75) is 32.0 Å². The van der Waals surface area contributed by atoms with Crippen LogP contribution in [0.4, 0.5) is 0 Å². The van der Waals surface area contributed by atoms with Crippen molar-refractivity contribution in [1.29, 1.82) is 0 Å². The predicted octanol–water partition coefficient (Wildman–Crippen LogP) is 0.266. The molecule has 2 atom stereocenters. The molecule has 0 bridgehead atoms. The molecule has 1 aliphatic heterocycles. The first-order valence-corrected chi connectivity index (χ1v) is 5.86. The predicted molar refractivity (Wildman–Crippen MR) is 62.1 cm³/mol. The first kappa shape index (κ1) is 11.6. The van der Waals surface area contributed by atoms with Crippen LogP contribution in [-0.4, -0.2) is 41.8 Å². The summed E-state index contributed by atoms with van der Waals surface area (Å²) in [6, 6.07) is 0.959. The van der Waals surface area contributed by atoms with Crippen LogP contribution in [0.5, 0.6) is 0 Å². The van der Waals surface area contributed by atoms with Crippen molar-refractivity contribution in [3.8, 4) is 0 Å². The van der Waals surface area contributed by atoms with Crippen LogP contribution in [0, 0.1) is 0 Å². The van der Waals surface area contributed by atoms with Gasteiger partial charge in [-0.2, -0.15) is 0 Å². The number of nitrogens with zero attached hydrogens (tertiary/aromatic N) is 1. The summed E-state index contributed by atoms with van der Waals surface area (Å²) in [7, 11) is 0. The molecule has 2 unspecified atom stereocenters. The number of hydrogen-bond acceptors (Lipinski definition) is 4. The van der Waals surface area contributed by atoms with E-state index >= 15 is 0 Å². The lowest BCUT2D eigenvalue weighted by molar-refractivity contribution is 0.0712. The maximum Gasteiger partial charge on any atom is 0.0922 e.